The number of ether oxygens (including phenoxy) is 1. The molecule has 3 atom stereocenters. The third-order valence-electron chi connectivity index (χ3n) is 4.27. The van der Waals surface area contributed by atoms with Crippen LogP contribution < -0.4 is 10.6 Å². The maximum absolute atomic E-state index is 5.61. The molecule has 1 aromatic heterocycles. The first-order valence-electron chi connectivity index (χ1n) is 7.36. The minimum atomic E-state index is 0. The predicted octanol–water partition coefficient (Wildman–Crippen LogP) is 1.85. The van der Waals surface area contributed by atoms with Crippen LogP contribution in [0, 0.1) is 5.92 Å². The van der Waals surface area contributed by atoms with Gasteiger partial charge in [-0.25, -0.2) is 4.98 Å². The molecule has 2 heterocycles. The fraction of sp³-hybridized carbons (Fsp3) is 0.786. The van der Waals surface area contributed by atoms with Crippen molar-refractivity contribution in [3.63, 3.8) is 0 Å². The molecule has 1 saturated heterocycles. The number of nitrogens with one attached hydrogen (secondary N) is 2. The highest BCUT2D eigenvalue weighted by Gasteiger charge is 2.34. The van der Waals surface area contributed by atoms with E-state index in [1.807, 2.05) is 6.20 Å². The molecule has 0 aromatic carbocycles. The number of thiazole rings is 1. The molecule has 2 fully saturated rings. The van der Waals surface area contributed by atoms with Crippen molar-refractivity contribution in [1.82, 2.24) is 15.6 Å². The molecule has 3 rings (SSSR count). The average Bonchev–Trinajstić information content (AvgIpc) is 3.11. The number of nitrogens with zero attached hydrogens (tertiary/aromatic N) is 1. The summed E-state index contributed by atoms with van der Waals surface area (Å²) < 4.78 is 5.61. The summed E-state index contributed by atoms with van der Waals surface area (Å²) in [6, 6.07) is 1.20. The minimum absolute atomic E-state index is 0. The summed E-state index contributed by atoms with van der Waals surface area (Å²) in [7, 11) is 0. The Hall–Kier alpha value is -0.200. The molecule has 4 nitrogen and oxygen atoms in total. The lowest BCUT2D eigenvalue weighted by Crippen LogP contribution is -2.51. The third-order valence-corrected chi connectivity index (χ3v) is 5.10. The smallest absolute Gasteiger partial charge is 0.0937 e. The molecule has 1 aliphatic carbocycles. The van der Waals surface area contributed by atoms with E-state index in [1.54, 1.807) is 11.3 Å². The second-order valence-corrected chi connectivity index (χ2v) is 6.45. The molecule has 2 N–H and O–H groups in total. The van der Waals surface area contributed by atoms with Crippen LogP contribution >= 0.6 is 23.7 Å². The topological polar surface area (TPSA) is 46.2 Å². The van der Waals surface area contributed by atoms with Gasteiger partial charge in [0, 0.05) is 43.2 Å². The second kappa shape index (κ2) is 8.29. The highest BCUT2D eigenvalue weighted by molar-refractivity contribution is 7.09. The van der Waals surface area contributed by atoms with Crippen LogP contribution in [-0.4, -0.2) is 43.4 Å². The molecule has 0 bridgehead atoms. The van der Waals surface area contributed by atoms with Crippen LogP contribution in [0.3, 0.4) is 0 Å². The van der Waals surface area contributed by atoms with Gasteiger partial charge in [-0.15, -0.1) is 23.7 Å². The van der Waals surface area contributed by atoms with Crippen molar-refractivity contribution in [2.45, 2.75) is 37.8 Å². The van der Waals surface area contributed by atoms with Gasteiger partial charge in [0.25, 0.3) is 0 Å². The van der Waals surface area contributed by atoms with E-state index in [-0.39, 0.29) is 12.4 Å². The zero-order valence-corrected chi connectivity index (χ0v) is 13.3. The minimum Gasteiger partial charge on any atom is -0.379 e. The number of hydrogen-bond acceptors (Lipinski definition) is 5. The molecule has 0 amide bonds. The lowest BCUT2D eigenvalue weighted by Gasteiger charge is -2.33. The molecule has 2 aliphatic rings. The summed E-state index contributed by atoms with van der Waals surface area (Å²) in [6.45, 7) is 3.80. The summed E-state index contributed by atoms with van der Waals surface area (Å²) in [6.07, 6.45) is 6.92. The van der Waals surface area contributed by atoms with E-state index < -0.39 is 0 Å². The first-order chi connectivity index (χ1) is 9.43. The highest BCUT2D eigenvalue weighted by Crippen LogP contribution is 2.29. The Kier molecular flexibility index (Phi) is 6.71. The van der Waals surface area contributed by atoms with Crippen LogP contribution in [0.4, 0.5) is 0 Å². The average molecular weight is 318 g/mol. The van der Waals surface area contributed by atoms with Gasteiger partial charge in [-0.3, -0.25) is 0 Å². The third kappa shape index (κ3) is 4.15. The summed E-state index contributed by atoms with van der Waals surface area (Å²) in [4.78, 5) is 4.34. The van der Waals surface area contributed by atoms with Gasteiger partial charge >= 0.3 is 0 Å². The molecular formula is C14H24ClN3OS. The second-order valence-electron chi connectivity index (χ2n) is 5.47. The predicted molar refractivity (Wildman–Crippen MR) is 84.8 cm³/mol. The van der Waals surface area contributed by atoms with Crippen LogP contribution in [-0.2, 0) is 11.2 Å². The van der Waals surface area contributed by atoms with Gasteiger partial charge in [0.1, 0.15) is 0 Å². The number of halogens is 1. The molecule has 1 aliphatic heterocycles. The van der Waals surface area contributed by atoms with Crippen molar-refractivity contribution in [2.24, 2.45) is 5.92 Å². The zero-order valence-electron chi connectivity index (χ0n) is 11.7. The van der Waals surface area contributed by atoms with Gasteiger partial charge in [-0.1, -0.05) is 6.42 Å². The van der Waals surface area contributed by atoms with Gasteiger partial charge in [0.05, 0.1) is 18.2 Å². The number of rotatable bonds is 5. The molecular weight excluding hydrogens is 294 g/mol. The maximum atomic E-state index is 5.61. The molecule has 3 unspecified atom stereocenters. The first kappa shape index (κ1) is 16.2. The van der Waals surface area contributed by atoms with Crippen molar-refractivity contribution in [3.8, 4) is 0 Å². The molecule has 6 heteroatoms. The highest BCUT2D eigenvalue weighted by atomic mass is 35.5. The Bertz CT molecular complexity index is 371. The SMILES string of the molecule is Cl.c1csc(CCNC2CCCC2C2COCCN2)n1. The van der Waals surface area contributed by atoms with E-state index in [0.717, 1.165) is 38.6 Å². The number of morpholine rings is 1. The fourth-order valence-corrected chi connectivity index (χ4v) is 3.95. The Morgan fingerprint density at radius 2 is 2.40 bits per heavy atom. The Morgan fingerprint density at radius 3 is 3.15 bits per heavy atom. The molecule has 0 radical (unpaired) electrons. The van der Waals surface area contributed by atoms with Crippen LogP contribution in [0.25, 0.3) is 0 Å². The van der Waals surface area contributed by atoms with E-state index in [9.17, 15) is 0 Å². The van der Waals surface area contributed by atoms with Crippen LogP contribution in [0.15, 0.2) is 11.6 Å². The van der Waals surface area contributed by atoms with Gasteiger partial charge in [0.2, 0.25) is 0 Å². The van der Waals surface area contributed by atoms with Crippen LogP contribution in [0.5, 0.6) is 0 Å². The Morgan fingerprint density at radius 1 is 1.45 bits per heavy atom. The lowest BCUT2D eigenvalue weighted by atomic mass is 9.94. The van der Waals surface area contributed by atoms with Gasteiger partial charge in [-0.05, 0) is 18.8 Å². The number of aromatic nitrogens is 1. The molecule has 1 saturated carbocycles. The zero-order chi connectivity index (χ0) is 12.9. The summed E-state index contributed by atoms with van der Waals surface area (Å²) >= 11 is 1.75. The van der Waals surface area contributed by atoms with E-state index >= 15 is 0 Å². The van der Waals surface area contributed by atoms with Crippen molar-refractivity contribution in [2.75, 3.05) is 26.3 Å². The van der Waals surface area contributed by atoms with Crippen molar-refractivity contribution in [1.29, 1.82) is 0 Å². The van der Waals surface area contributed by atoms with Crippen LogP contribution in [0.2, 0.25) is 0 Å². The summed E-state index contributed by atoms with van der Waals surface area (Å²) in [5.41, 5.74) is 0. The van der Waals surface area contributed by atoms with Crippen molar-refractivity contribution >= 4 is 23.7 Å². The van der Waals surface area contributed by atoms with E-state index in [4.69, 9.17) is 4.74 Å². The fourth-order valence-electron chi connectivity index (χ4n) is 3.33. The standard InChI is InChI=1S/C14H23N3OS.ClH/c1-2-11(13-10-18-8-6-16-13)12(3-1)15-5-4-14-17-7-9-19-14;/h7,9,11-13,15-16H,1-6,8,10H2;1H. The maximum Gasteiger partial charge on any atom is 0.0937 e. The van der Waals surface area contributed by atoms with E-state index in [0.29, 0.717) is 12.1 Å². The molecule has 114 valence electrons. The van der Waals surface area contributed by atoms with E-state index in [1.165, 1.54) is 24.3 Å². The van der Waals surface area contributed by atoms with Gasteiger partial charge in [-0.2, -0.15) is 0 Å². The largest absolute Gasteiger partial charge is 0.379 e. The van der Waals surface area contributed by atoms with Crippen molar-refractivity contribution < 1.29 is 4.74 Å². The van der Waals surface area contributed by atoms with E-state index in [2.05, 4.69) is 21.0 Å². The molecule has 1 aromatic rings. The summed E-state index contributed by atoms with van der Waals surface area (Å²) in [5, 5.41) is 10.6. The monoisotopic (exact) mass is 317 g/mol. The normalized spacial score (nSPS) is 30.1. The number of hydrogen-bond donors (Lipinski definition) is 2. The molecule has 0 spiro atoms. The molecule has 20 heavy (non-hydrogen) atoms. The van der Waals surface area contributed by atoms with Gasteiger partial charge < -0.3 is 15.4 Å². The Labute approximate surface area is 131 Å². The van der Waals surface area contributed by atoms with Crippen molar-refractivity contribution in [3.05, 3.63) is 16.6 Å². The quantitative estimate of drug-likeness (QED) is 0.870. The summed E-state index contributed by atoms with van der Waals surface area (Å²) in [5.74, 6) is 0.733. The van der Waals surface area contributed by atoms with Crippen LogP contribution in [0.1, 0.15) is 24.3 Å². The van der Waals surface area contributed by atoms with Gasteiger partial charge in [0.15, 0.2) is 0 Å². The first-order valence-corrected chi connectivity index (χ1v) is 8.24. The Balaban J connectivity index is 0.00000147. The lowest BCUT2D eigenvalue weighted by molar-refractivity contribution is 0.0526.